The van der Waals surface area contributed by atoms with E-state index in [0.29, 0.717) is 19.3 Å². The van der Waals surface area contributed by atoms with Gasteiger partial charge in [0, 0.05) is 19.3 Å². The van der Waals surface area contributed by atoms with Crippen LogP contribution in [0.15, 0.2) is 0 Å². The highest BCUT2D eigenvalue weighted by molar-refractivity contribution is 5.71. The average Bonchev–Trinajstić information content (AvgIpc) is 3.19. The van der Waals surface area contributed by atoms with Crippen molar-refractivity contribution in [2.24, 2.45) is 11.8 Å². The highest BCUT2D eigenvalue weighted by Gasteiger charge is 2.19. The Morgan fingerprint density at radius 3 is 0.845 bits per heavy atom. The van der Waals surface area contributed by atoms with Crippen LogP contribution in [0.4, 0.5) is 0 Å². The van der Waals surface area contributed by atoms with Crippen molar-refractivity contribution in [1.29, 1.82) is 0 Å². The van der Waals surface area contributed by atoms with Gasteiger partial charge in [-0.15, -0.1) is 0 Å². The molecule has 0 aliphatic rings. The Hall–Kier alpha value is -1.59. The molecule has 0 saturated heterocycles. The van der Waals surface area contributed by atoms with E-state index in [1.54, 1.807) is 0 Å². The Morgan fingerprint density at radius 2 is 0.569 bits per heavy atom. The van der Waals surface area contributed by atoms with Gasteiger partial charge >= 0.3 is 17.9 Å². The molecule has 0 unspecified atom stereocenters. The lowest BCUT2D eigenvalue weighted by molar-refractivity contribution is -0.167. The molecule has 0 N–H and O–H groups in total. The summed E-state index contributed by atoms with van der Waals surface area (Å²) in [4.78, 5) is 37.9. The Morgan fingerprint density at radius 1 is 0.328 bits per heavy atom. The van der Waals surface area contributed by atoms with Gasteiger partial charge in [0.25, 0.3) is 0 Å². The lowest BCUT2D eigenvalue weighted by Gasteiger charge is -2.18. The van der Waals surface area contributed by atoms with Crippen LogP contribution in [0.3, 0.4) is 0 Å². The smallest absolute Gasteiger partial charge is 0.306 e. The number of carbonyl (C=O) groups excluding carboxylic acids is 3. The van der Waals surface area contributed by atoms with Crippen LogP contribution in [0.5, 0.6) is 0 Å². The molecule has 58 heavy (non-hydrogen) atoms. The van der Waals surface area contributed by atoms with Crippen molar-refractivity contribution in [1.82, 2.24) is 0 Å². The van der Waals surface area contributed by atoms with E-state index in [1.165, 1.54) is 173 Å². The minimum Gasteiger partial charge on any atom is -0.462 e. The first kappa shape index (κ1) is 56.4. The van der Waals surface area contributed by atoms with Crippen LogP contribution in [0.25, 0.3) is 0 Å². The van der Waals surface area contributed by atoms with Crippen molar-refractivity contribution in [3.05, 3.63) is 0 Å². The summed E-state index contributed by atoms with van der Waals surface area (Å²) in [7, 11) is 0. The number of esters is 3. The van der Waals surface area contributed by atoms with Gasteiger partial charge in [-0.05, 0) is 31.1 Å². The van der Waals surface area contributed by atoms with Crippen molar-refractivity contribution < 1.29 is 28.6 Å². The summed E-state index contributed by atoms with van der Waals surface area (Å²) in [5.74, 6) is 0.762. The van der Waals surface area contributed by atoms with Gasteiger partial charge in [-0.3, -0.25) is 14.4 Å². The highest BCUT2D eigenvalue weighted by Crippen LogP contribution is 2.17. The van der Waals surface area contributed by atoms with Crippen LogP contribution < -0.4 is 0 Å². The number of carbonyl (C=O) groups is 3. The number of hydrogen-bond donors (Lipinski definition) is 0. The molecule has 0 aromatic carbocycles. The minimum atomic E-state index is -0.762. The number of ether oxygens (including phenoxy) is 3. The van der Waals surface area contributed by atoms with Crippen molar-refractivity contribution >= 4 is 17.9 Å². The Bertz CT molecular complexity index is 885. The van der Waals surface area contributed by atoms with Crippen molar-refractivity contribution in [3.63, 3.8) is 0 Å². The van der Waals surface area contributed by atoms with Crippen LogP contribution >= 0.6 is 0 Å². The second-order valence-corrected chi connectivity index (χ2v) is 18.8. The number of unbranched alkanes of at least 4 members (excludes halogenated alkanes) is 31. The van der Waals surface area contributed by atoms with Crippen LogP contribution in [-0.2, 0) is 28.6 Å². The Kier molecular flexibility index (Phi) is 43.7. The molecule has 0 aliphatic carbocycles. The third kappa shape index (κ3) is 45.5. The molecule has 0 heterocycles. The normalized spacial score (nSPS) is 12.1. The van der Waals surface area contributed by atoms with Crippen molar-refractivity contribution in [2.45, 2.75) is 291 Å². The zero-order valence-corrected chi connectivity index (χ0v) is 39.7. The van der Waals surface area contributed by atoms with Crippen LogP contribution in [0, 0.1) is 11.8 Å². The van der Waals surface area contributed by atoms with E-state index in [1.807, 2.05) is 0 Å². The molecule has 0 fully saturated rings. The van der Waals surface area contributed by atoms with E-state index in [2.05, 4.69) is 34.6 Å². The minimum absolute atomic E-state index is 0.0641. The van der Waals surface area contributed by atoms with Gasteiger partial charge in [0.15, 0.2) is 6.10 Å². The second kappa shape index (κ2) is 44.9. The van der Waals surface area contributed by atoms with Gasteiger partial charge in [0.1, 0.15) is 13.2 Å². The van der Waals surface area contributed by atoms with Gasteiger partial charge in [0.2, 0.25) is 0 Å². The summed E-state index contributed by atoms with van der Waals surface area (Å²) in [6.45, 7) is 11.3. The predicted octanol–water partition coefficient (Wildman–Crippen LogP) is 16.5. The summed E-state index contributed by atoms with van der Waals surface area (Å²) < 4.78 is 16.8. The second-order valence-electron chi connectivity index (χ2n) is 18.8. The van der Waals surface area contributed by atoms with Gasteiger partial charge < -0.3 is 14.2 Å². The van der Waals surface area contributed by atoms with E-state index in [0.717, 1.165) is 69.6 Å². The summed E-state index contributed by atoms with van der Waals surface area (Å²) in [6, 6.07) is 0. The third-order valence-electron chi connectivity index (χ3n) is 11.7. The van der Waals surface area contributed by atoms with E-state index in [4.69, 9.17) is 14.2 Å². The maximum Gasteiger partial charge on any atom is 0.306 e. The predicted molar refractivity (Wildman–Crippen MR) is 247 cm³/mol. The summed E-state index contributed by atoms with van der Waals surface area (Å²) in [6.07, 6.45) is 45.2. The zero-order chi connectivity index (χ0) is 42.6. The molecule has 0 bridgehead atoms. The van der Waals surface area contributed by atoms with Gasteiger partial charge in [-0.25, -0.2) is 0 Å². The highest BCUT2D eigenvalue weighted by atomic mass is 16.6. The molecular formula is C52H100O6. The fourth-order valence-corrected chi connectivity index (χ4v) is 7.81. The SMILES string of the molecule is CCCCCCCCCCCCCCCCCCC(=O)OC[C@H](COC(=O)CCCCCCCCCCC(C)C)OC(=O)CCCCCCCCCCCCC(C)C. The third-order valence-corrected chi connectivity index (χ3v) is 11.7. The zero-order valence-electron chi connectivity index (χ0n) is 39.7. The topological polar surface area (TPSA) is 78.9 Å². The first-order valence-corrected chi connectivity index (χ1v) is 25.7. The summed E-state index contributed by atoms with van der Waals surface area (Å²) in [5, 5.41) is 0. The monoisotopic (exact) mass is 821 g/mol. The molecule has 0 saturated carbocycles. The average molecular weight is 821 g/mol. The van der Waals surface area contributed by atoms with Gasteiger partial charge in [0.05, 0.1) is 0 Å². The van der Waals surface area contributed by atoms with E-state index >= 15 is 0 Å². The fraction of sp³-hybridized carbons (Fsp3) is 0.942. The molecular weight excluding hydrogens is 721 g/mol. The lowest BCUT2D eigenvalue weighted by Crippen LogP contribution is -2.30. The number of hydrogen-bond acceptors (Lipinski definition) is 6. The first-order valence-electron chi connectivity index (χ1n) is 25.7. The van der Waals surface area contributed by atoms with E-state index in [-0.39, 0.29) is 31.1 Å². The molecule has 344 valence electrons. The van der Waals surface area contributed by atoms with Crippen molar-refractivity contribution in [3.8, 4) is 0 Å². The standard InChI is InChI=1S/C52H100O6/c1-6-7-8-9-10-11-12-13-14-15-16-17-21-27-32-37-42-50(53)56-45-49(46-57-51(54)43-38-33-28-24-23-26-31-36-41-48(4)5)58-52(55)44-39-34-29-22-19-18-20-25-30-35-40-47(2)3/h47-49H,6-46H2,1-5H3/t49-/m1/s1. The molecule has 0 aliphatic heterocycles. The first-order chi connectivity index (χ1) is 28.2. The summed E-state index contributed by atoms with van der Waals surface area (Å²) >= 11 is 0. The fourth-order valence-electron chi connectivity index (χ4n) is 7.81. The Labute approximate surface area is 361 Å². The molecule has 0 spiro atoms. The Balaban J connectivity index is 4.30. The molecule has 0 aromatic rings. The molecule has 0 amide bonds. The molecule has 6 nitrogen and oxygen atoms in total. The van der Waals surface area contributed by atoms with Crippen LogP contribution in [-0.4, -0.2) is 37.2 Å². The molecule has 1 atom stereocenters. The van der Waals surface area contributed by atoms with Gasteiger partial charge in [-0.2, -0.15) is 0 Å². The maximum absolute atomic E-state index is 12.8. The molecule has 0 rings (SSSR count). The van der Waals surface area contributed by atoms with Gasteiger partial charge in [-0.1, -0.05) is 247 Å². The molecule has 0 radical (unpaired) electrons. The van der Waals surface area contributed by atoms with E-state index < -0.39 is 6.10 Å². The van der Waals surface area contributed by atoms with Crippen LogP contribution in [0.1, 0.15) is 285 Å². The number of rotatable bonds is 46. The van der Waals surface area contributed by atoms with Crippen molar-refractivity contribution in [2.75, 3.05) is 13.2 Å². The summed E-state index contributed by atoms with van der Waals surface area (Å²) in [5.41, 5.74) is 0. The molecule has 0 aromatic heterocycles. The lowest BCUT2D eigenvalue weighted by atomic mass is 10.0. The largest absolute Gasteiger partial charge is 0.462 e. The van der Waals surface area contributed by atoms with E-state index in [9.17, 15) is 14.4 Å². The molecule has 6 heteroatoms. The quantitative estimate of drug-likeness (QED) is 0.0346. The maximum atomic E-state index is 12.8. The van der Waals surface area contributed by atoms with Crippen LogP contribution in [0.2, 0.25) is 0 Å².